The first kappa shape index (κ1) is 19.7. The first-order valence-electron chi connectivity index (χ1n) is 9.18. The Morgan fingerprint density at radius 2 is 1.96 bits per heavy atom. The van der Waals surface area contributed by atoms with Crippen molar-refractivity contribution < 1.29 is 23.8 Å². The molecular formula is C21H24N2O5. The third-order valence-corrected chi connectivity index (χ3v) is 4.41. The highest BCUT2D eigenvalue weighted by Crippen LogP contribution is 2.31. The average Bonchev–Trinajstić information content (AvgIpc) is 2.72. The van der Waals surface area contributed by atoms with E-state index in [1.54, 1.807) is 24.3 Å². The van der Waals surface area contributed by atoms with E-state index >= 15 is 0 Å². The first-order valence-corrected chi connectivity index (χ1v) is 9.18. The first-order chi connectivity index (χ1) is 13.6. The lowest BCUT2D eigenvalue weighted by Gasteiger charge is -2.30. The predicted octanol–water partition coefficient (Wildman–Crippen LogP) is 2.57. The predicted molar refractivity (Wildman–Crippen MR) is 105 cm³/mol. The van der Waals surface area contributed by atoms with Gasteiger partial charge < -0.3 is 19.5 Å². The van der Waals surface area contributed by atoms with Crippen LogP contribution >= 0.6 is 0 Å². The SMILES string of the molecule is CCN(CC(=O)Nc1cccc(C(=O)OC)c1)CC1COc2ccccc2O1. The summed E-state index contributed by atoms with van der Waals surface area (Å²) in [7, 11) is 1.32. The molecule has 0 saturated carbocycles. The number of hydrogen-bond acceptors (Lipinski definition) is 6. The summed E-state index contributed by atoms with van der Waals surface area (Å²) in [6, 6.07) is 14.2. The van der Waals surface area contributed by atoms with E-state index in [-0.39, 0.29) is 18.6 Å². The van der Waals surface area contributed by atoms with E-state index in [0.717, 1.165) is 11.5 Å². The van der Waals surface area contributed by atoms with Gasteiger partial charge in [0.15, 0.2) is 11.5 Å². The van der Waals surface area contributed by atoms with Gasteiger partial charge in [-0.1, -0.05) is 25.1 Å². The minimum Gasteiger partial charge on any atom is -0.486 e. The maximum absolute atomic E-state index is 12.4. The molecule has 2 aromatic rings. The van der Waals surface area contributed by atoms with Gasteiger partial charge in [0, 0.05) is 12.2 Å². The number of benzene rings is 2. The van der Waals surface area contributed by atoms with Gasteiger partial charge >= 0.3 is 5.97 Å². The van der Waals surface area contributed by atoms with Gasteiger partial charge in [-0.3, -0.25) is 9.69 Å². The molecule has 2 aromatic carbocycles. The summed E-state index contributed by atoms with van der Waals surface area (Å²) < 4.78 is 16.4. The normalized spacial score (nSPS) is 15.2. The van der Waals surface area contributed by atoms with Crippen LogP contribution in [-0.4, -0.2) is 56.2 Å². The minimum absolute atomic E-state index is 0.148. The van der Waals surface area contributed by atoms with Crippen LogP contribution in [0.5, 0.6) is 11.5 Å². The third-order valence-electron chi connectivity index (χ3n) is 4.41. The Morgan fingerprint density at radius 3 is 2.71 bits per heavy atom. The molecule has 1 atom stereocenters. The van der Waals surface area contributed by atoms with Crippen molar-refractivity contribution in [1.29, 1.82) is 0 Å². The highest BCUT2D eigenvalue weighted by molar-refractivity contribution is 5.95. The number of para-hydroxylation sites is 2. The highest BCUT2D eigenvalue weighted by Gasteiger charge is 2.23. The average molecular weight is 384 g/mol. The van der Waals surface area contributed by atoms with E-state index in [1.165, 1.54) is 7.11 Å². The number of amides is 1. The summed E-state index contributed by atoms with van der Waals surface area (Å²) in [5.41, 5.74) is 0.939. The fraction of sp³-hybridized carbons (Fsp3) is 0.333. The van der Waals surface area contributed by atoms with Crippen molar-refractivity contribution in [1.82, 2.24) is 4.90 Å². The van der Waals surface area contributed by atoms with Crippen LogP contribution in [0.2, 0.25) is 0 Å². The molecule has 1 amide bonds. The lowest BCUT2D eigenvalue weighted by atomic mass is 10.2. The molecule has 0 radical (unpaired) electrons. The number of fused-ring (bicyclic) bond motifs is 1. The number of nitrogens with one attached hydrogen (secondary N) is 1. The van der Waals surface area contributed by atoms with Crippen LogP contribution in [0, 0.1) is 0 Å². The number of likely N-dealkylation sites (N-methyl/N-ethyl adjacent to an activating group) is 1. The van der Waals surface area contributed by atoms with Crippen molar-refractivity contribution >= 4 is 17.6 Å². The van der Waals surface area contributed by atoms with Crippen molar-refractivity contribution in [2.24, 2.45) is 0 Å². The van der Waals surface area contributed by atoms with Gasteiger partial charge in [-0.2, -0.15) is 0 Å². The van der Waals surface area contributed by atoms with Gasteiger partial charge in [0.05, 0.1) is 19.2 Å². The number of esters is 1. The maximum atomic E-state index is 12.4. The Bertz CT molecular complexity index is 839. The molecular weight excluding hydrogens is 360 g/mol. The summed E-state index contributed by atoms with van der Waals surface area (Å²) in [6.45, 7) is 3.90. The quantitative estimate of drug-likeness (QED) is 0.740. The van der Waals surface area contributed by atoms with Crippen LogP contribution in [0.15, 0.2) is 48.5 Å². The second-order valence-electron chi connectivity index (χ2n) is 6.45. The smallest absolute Gasteiger partial charge is 0.337 e. The molecule has 1 aliphatic rings. The van der Waals surface area contributed by atoms with E-state index < -0.39 is 5.97 Å². The van der Waals surface area contributed by atoms with Crippen molar-refractivity contribution in [3.63, 3.8) is 0 Å². The number of nitrogens with zero attached hydrogens (tertiary/aromatic N) is 1. The molecule has 0 fully saturated rings. The van der Waals surface area contributed by atoms with Crippen molar-refractivity contribution in [3.8, 4) is 11.5 Å². The minimum atomic E-state index is -0.444. The summed E-state index contributed by atoms with van der Waals surface area (Å²) in [4.78, 5) is 26.0. The second kappa shape index (κ2) is 9.23. The van der Waals surface area contributed by atoms with Gasteiger partial charge in [0.25, 0.3) is 0 Å². The monoisotopic (exact) mass is 384 g/mol. The Kier molecular flexibility index (Phi) is 6.49. The fourth-order valence-corrected chi connectivity index (χ4v) is 2.99. The standard InChI is InChI=1S/C21H24N2O5/c1-3-23(12-17-14-27-18-9-4-5-10-19(18)28-17)13-20(24)22-16-8-6-7-15(11-16)21(25)26-2/h4-11,17H,3,12-14H2,1-2H3,(H,22,24). The molecule has 148 valence electrons. The van der Waals surface area contributed by atoms with Crippen molar-refractivity contribution in [3.05, 3.63) is 54.1 Å². The van der Waals surface area contributed by atoms with Gasteiger partial charge in [-0.15, -0.1) is 0 Å². The zero-order valence-corrected chi connectivity index (χ0v) is 16.0. The van der Waals surface area contributed by atoms with Crippen molar-refractivity contribution in [2.75, 3.05) is 38.7 Å². The van der Waals surface area contributed by atoms with Crippen LogP contribution in [0.3, 0.4) is 0 Å². The Balaban J connectivity index is 1.55. The Morgan fingerprint density at radius 1 is 1.18 bits per heavy atom. The molecule has 3 rings (SSSR count). The van der Waals surface area contributed by atoms with Gasteiger partial charge in [0.1, 0.15) is 12.7 Å². The zero-order valence-electron chi connectivity index (χ0n) is 16.0. The Hall–Kier alpha value is -3.06. The molecule has 7 heteroatoms. The van der Waals surface area contributed by atoms with Gasteiger partial charge in [-0.05, 0) is 36.9 Å². The summed E-state index contributed by atoms with van der Waals surface area (Å²) in [5.74, 6) is 0.853. The third kappa shape index (κ3) is 5.01. The molecule has 1 unspecified atom stereocenters. The lowest BCUT2D eigenvalue weighted by molar-refractivity contribution is -0.117. The van der Waals surface area contributed by atoms with Crippen LogP contribution in [0.4, 0.5) is 5.69 Å². The number of carbonyl (C=O) groups is 2. The molecule has 7 nitrogen and oxygen atoms in total. The molecule has 1 aliphatic heterocycles. The summed E-state index contributed by atoms with van der Waals surface area (Å²) >= 11 is 0. The maximum Gasteiger partial charge on any atom is 0.337 e. The van der Waals surface area contributed by atoms with E-state index in [4.69, 9.17) is 14.2 Å². The number of carbonyl (C=O) groups excluding carboxylic acids is 2. The van der Waals surface area contributed by atoms with Crippen molar-refractivity contribution in [2.45, 2.75) is 13.0 Å². The second-order valence-corrected chi connectivity index (χ2v) is 6.45. The lowest BCUT2D eigenvalue weighted by Crippen LogP contribution is -2.43. The fourth-order valence-electron chi connectivity index (χ4n) is 2.99. The molecule has 0 saturated heterocycles. The molecule has 28 heavy (non-hydrogen) atoms. The topological polar surface area (TPSA) is 77.1 Å². The molecule has 0 bridgehead atoms. The molecule has 0 aliphatic carbocycles. The van der Waals surface area contributed by atoms with Crippen LogP contribution in [-0.2, 0) is 9.53 Å². The zero-order chi connectivity index (χ0) is 19.9. The number of hydrogen-bond donors (Lipinski definition) is 1. The number of ether oxygens (including phenoxy) is 3. The number of methoxy groups -OCH3 is 1. The molecule has 1 N–H and O–H groups in total. The van der Waals surface area contributed by atoms with E-state index in [9.17, 15) is 9.59 Å². The van der Waals surface area contributed by atoms with Gasteiger partial charge in [0.2, 0.25) is 5.91 Å². The summed E-state index contributed by atoms with van der Waals surface area (Å²) in [5, 5.41) is 2.82. The van der Waals surface area contributed by atoms with Crippen LogP contribution in [0.25, 0.3) is 0 Å². The summed E-state index contributed by atoms with van der Waals surface area (Å²) in [6.07, 6.45) is -0.148. The van der Waals surface area contributed by atoms with Crippen LogP contribution in [0.1, 0.15) is 17.3 Å². The van der Waals surface area contributed by atoms with E-state index in [0.29, 0.717) is 30.9 Å². The molecule has 0 aromatic heterocycles. The number of anilines is 1. The molecule has 1 heterocycles. The largest absolute Gasteiger partial charge is 0.486 e. The number of rotatable bonds is 7. The Labute approximate surface area is 164 Å². The van der Waals surface area contributed by atoms with Gasteiger partial charge in [-0.25, -0.2) is 4.79 Å². The highest BCUT2D eigenvalue weighted by atomic mass is 16.6. The van der Waals surface area contributed by atoms with E-state index in [1.807, 2.05) is 36.1 Å². The molecule has 0 spiro atoms. The van der Waals surface area contributed by atoms with E-state index in [2.05, 4.69) is 5.32 Å². The van der Waals surface area contributed by atoms with Crippen LogP contribution < -0.4 is 14.8 Å².